The van der Waals surface area contributed by atoms with Gasteiger partial charge in [0.1, 0.15) is 5.82 Å². The van der Waals surface area contributed by atoms with Crippen LogP contribution in [0.15, 0.2) is 30.3 Å². The van der Waals surface area contributed by atoms with E-state index < -0.39 is 0 Å². The fourth-order valence-corrected chi connectivity index (χ4v) is 4.14. The van der Waals surface area contributed by atoms with E-state index in [9.17, 15) is 0 Å². The smallest absolute Gasteiger partial charge is 0.129 e. The summed E-state index contributed by atoms with van der Waals surface area (Å²) < 4.78 is 0. The van der Waals surface area contributed by atoms with Crippen molar-refractivity contribution in [3.63, 3.8) is 0 Å². The molecule has 0 atom stereocenters. The highest BCUT2D eigenvalue weighted by atomic mass is 15.2. The van der Waals surface area contributed by atoms with Crippen LogP contribution in [0.2, 0.25) is 0 Å². The second-order valence-electron chi connectivity index (χ2n) is 6.82. The molecule has 3 heteroatoms. The quantitative estimate of drug-likeness (QED) is 0.804. The lowest BCUT2D eigenvalue weighted by molar-refractivity contribution is 0.226. The van der Waals surface area contributed by atoms with Crippen LogP contribution in [0.1, 0.15) is 38.5 Å². The lowest BCUT2D eigenvalue weighted by Crippen LogP contribution is -2.39. The summed E-state index contributed by atoms with van der Waals surface area (Å²) >= 11 is 0. The minimum Gasteiger partial charge on any atom is -0.399 e. The zero-order valence-corrected chi connectivity index (χ0v) is 12.5. The van der Waals surface area contributed by atoms with Crippen LogP contribution in [0, 0.1) is 5.41 Å². The molecule has 110 valence electrons. The van der Waals surface area contributed by atoms with Crippen molar-refractivity contribution in [3.8, 4) is 0 Å². The van der Waals surface area contributed by atoms with Crippen LogP contribution in [-0.2, 0) is 0 Å². The Bertz CT molecular complexity index is 649. The number of rotatable bonds is 1. The van der Waals surface area contributed by atoms with E-state index in [1.54, 1.807) is 0 Å². The summed E-state index contributed by atoms with van der Waals surface area (Å²) in [5.41, 5.74) is 8.35. The lowest BCUT2D eigenvalue weighted by Gasteiger charge is -2.40. The first-order valence-electron chi connectivity index (χ1n) is 8.15. The molecule has 1 aliphatic carbocycles. The minimum atomic E-state index is 0.668. The molecular weight excluding hydrogens is 258 g/mol. The van der Waals surface area contributed by atoms with Crippen LogP contribution in [-0.4, -0.2) is 18.1 Å². The Balaban J connectivity index is 1.55. The summed E-state index contributed by atoms with van der Waals surface area (Å²) in [4.78, 5) is 7.28. The van der Waals surface area contributed by atoms with Gasteiger partial charge in [-0.1, -0.05) is 12.8 Å². The molecule has 2 fully saturated rings. The molecule has 2 aliphatic rings. The van der Waals surface area contributed by atoms with Crippen molar-refractivity contribution in [1.82, 2.24) is 4.98 Å². The molecule has 1 aliphatic heterocycles. The number of nitrogens with two attached hydrogens (primary N) is 1. The van der Waals surface area contributed by atoms with Crippen LogP contribution >= 0.6 is 0 Å². The van der Waals surface area contributed by atoms with Gasteiger partial charge in [0, 0.05) is 24.2 Å². The fraction of sp³-hybridized carbons (Fsp3) is 0.500. The molecular formula is C18H23N3. The van der Waals surface area contributed by atoms with Gasteiger partial charge in [-0.15, -0.1) is 0 Å². The van der Waals surface area contributed by atoms with Crippen molar-refractivity contribution < 1.29 is 0 Å². The van der Waals surface area contributed by atoms with Gasteiger partial charge in [-0.3, -0.25) is 0 Å². The molecule has 21 heavy (non-hydrogen) atoms. The average Bonchev–Trinajstić information content (AvgIpc) is 2.96. The molecule has 1 saturated heterocycles. The zero-order chi connectivity index (χ0) is 14.3. The van der Waals surface area contributed by atoms with E-state index in [1.807, 2.05) is 18.2 Å². The van der Waals surface area contributed by atoms with Crippen LogP contribution in [0.4, 0.5) is 11.5 Å². The maximum atomic E-state index is 5.83. The highest BCUT2D eigenvalue weighted by Crippen LogP contribution is 2.46. The Morgan fingerprint density at radius 3 is 2.48 bits per heavy atom. The second-order valence-corrected chi connectivity index (χ2v) is 6.82. The van der Waals surface area contributed by atoms with E-state index in [4.69, 9.17) is 10.7 Å². The number of piperidine rings is 1. The lowest BCUT2D eigenvalue weighted by atomic mass is 9.77. The number of nitrogens with zero attached hydrogens (tertiary/aromatic N) is 2. The van der Waals surface area contributed by atoms with Crippen LogP contribution in [0.3, 0.4) is 0 Å². The van der Waals surface area contributed by atoms with Crippen molar-refractivity contribution >= 4 is 22.4 Å². The van der Waals surface area contributed by atoms with E-state index >= 15 is 0 Å². The molecule has 0 bridgehead atoms. The van der Waals surface area contributed by atoms with Gasteiger partial charge in [0.15, 0.2) is 0 Å². The first-order valence-corrected chi connectivity index (χ1v) is 8.15. The maximum absolute atomic E-state index is 5.83. The molecule has 2 heterocycles. The van der Waals surface area contributed by atoms with Crippen LogP contribution in [0.5, 0.6) is 0 Å². The molecule has 2 N–H and O–H groups in total. The van der Waals surface area contributed by atoms with Gasteiger partial charge < -0.3 is 10.6 Å². The number of hydrogen-bond donors (Lipinski definition) is 1. The van der Waals surface area contributed by atoms with E-state index in [1.165, 1.54) is 38.5 Å². The Morgan fingerprint density at radius 2 is 1.71 bits per heavy atom. The average molecular weight is 281 g/mol. The summed E-state index contributed by atoms with van der Waals surface area (Å²) in [5.74, 6) is 1.13. The van der Waals surface area contributed by atoms with Gasteiger partial charge in [0.2, 0.25) is 0 Å². The normalized spacial score (nSPS) is 21.2. The first kappa shape index (κ1) is 12.9. The van der Waals surface area contributed by atoms with E-state index in [-0.39, 0.29) is 0 Å². The highest BCUT2D eigenvalue weighted by molar-refractivity contribution is 5.83. The third kappa shape index (κ3) is 2.35. The van der Waals surface area contributed by atoms with Crippen molar-refractivity contribution in [2.24, 2.45) is 5.41 Å². The van der Waals surface area contributed by atoms with Gasteiger partial charge in [-0.05, 0) is 61.4 Å². The molecule has 0 radical (unpaired) electrons. The van der Waals surface area contributed by atoms with Gasteiger partial charge >= 0.3 is 0 Å². The molecule has 0 unspecified atom stereocenters. The van der Waals surface area contributed by atoms with Crippen molar-refractivity contribution in [2.45, 2.75) is 38.5 Å². The maximum Gasteiger partial charge on any atom is 0.129 e. The van der Waals surface area contributed by atoms with E-state index in [0.29, 0.717) is 5.41 Å². The van der Waals surface area contributed by atoms with Gasteiger partial charge in [0.25, 0.3) is 0 Å². The number of pyridine rings is 1. The van der Waals surface area contributed by atoms with E-state index in [2.05, 4.69) is 17.0 Å². The number of anilines is 2. The van der Waals surface area contributed by atoms with Gasteiger partial charge in [-0.2, -0.15) is 0 Å². The van der Waals surface area contributed by atoms with Crippen molar-refractivity contribution in [1.29, 1.82) is 0 Å². The van der Waals surface area contributed by atoms with E-state index in [0.717, 1.165) is 35.5 Å². The third-order valence-electron chi connectivity index (χ3n) is 5.51. The molecule has 1 spiro atoms. The SMILES string of the molecule is Nc1ccc2nc(N3CCC4(CCCC4)CC3)ccc2c1. The predicted molar refractivity (Wildman–Crippen MR) is 88.5 cm³/mol. The topological polar surface area (TPSA) is 42.1 Å². The standard InChI is InChI=1S/C18H23N3/c19-15-4-5-16-14(13-15)3-6-17(20-16)21-11-9-18(10-12-21)7-1-2-8-18/h3-6,13H,1-2,7-12,19H2. The molecule has 4 rings (SSSR count). The molecule has 1 aromatic heterocycles. The van der Waals surface area contributed by atoms with Crippen LogP contribution < -0.4 is 10.6 Å². The van der Waals surface area contributed by atoms with Crippen molar-refractivity contribution in [3.05, 3.63) is 30.3 Å². The number of nitrogen functional groups attached to an aromatic ring is 1. The number of aromatic nitrogens is 1. The number of fused-ring (bicyclic) bond motifs is 1. The number of hydrogen-bond acceptors (Lipinski definition) is 3. The second kappa shape index (κ2) is 4.90. The predicted octanol–water partition coefficient (Wildman–Crippen LogP) is 3.98. The molecule has 2 aromatic rings. The zero-order valence-electron chi connectivity index (χ0n) is 12.5. The minimum absolute atomic E-state index is 0.668. The molecule has 1 saturated carbocycles. The fourth-order valence-electron chi connectivity index (χ4n) is 4.14. The molecule has 3 nitrogen and oxygen atoms in total. The van der Waals surface area contributed by atoms with Crippen molar-refractivity contribution in [2.75, 3.05) is 23.7 Å². The summed E-state index contributed by atoms with van der Waals surface area (Å²) in [7, 11) is 0. The third-order valence-corrected chi connectivity index (χ3v) is 5.51. The summed E-state index contributed by atoms with van der Waals surface area (Å²) in [6.07, 6.45) is 8.46. The molecule has 0 amide bonds. The summed E-state index contributed by atoms with van der Waals surface area (Å²) in [5, 5.41) is 1.13. The summed E-state index contributed by atoms with van der Waals surface area (Å²) in [6, 6.07) is 10.2. The summed E-state index contributed by atoms with van der Waals surface area (Å²) in [6.45, 7) is 2.32. The van der Waals surface area contributed by atoms with Gasteiger partial charge in [-0.25, -0.2) is 4.98 Å². The first-order chi connectivity index (χ1) is 10.2. The monoisotopic (exact) mass is 281 g/mol. The Morgan fingerprint density at radius 1 is 0.952 bits per heavy atom. The Kier molecular flexibility index (Phi) is 3.02. The Labute approximate surface area is 126 Å². The highest BCUT2D eigenvalue weighted by Gasteiger charge is 2.37. The van der Waals surface area contributed by atoms with Crippen LogP contribution in [0.25, 0.3) is 10.9 Å². The molecule has 1 aromatic carbocycles. The largest absolute Gasteiger partial charge is 0.399 e. The van der Waals surface area contributed by atoms with Gasteiger partial charge in [0.05, 0.1) is 5.52 Å². The Hall–Kier alpha value is -1.77. The number of benzene rings is 1.